The SMILES string of the molecule is CC(=[13CH2])c1ccccc1NC(=O)c1ccccc1. The highest BCUT2D eigenvalue weighted by atomic mass is 16.1. The Hall–Kier alpha value is -2.35. The molecule has 0 saturated heterocycles. The fourth-order valence-electron chi connectivity index (χ4n) is 1.75. The van der Waals surface area contributed by atoms with Crippen LogP contribution >= 0.6 is 0 Å². The van der Waals surface area contributed by atoms with Gasteiger partial charge in [0.15, 0.2) is 0 Å². The molecule has 2 heteroatoms. The third-order valence-electron chi connectivity index (χ3n) is 2.67. The quantitative estimate of drug-likeness (QED) is 0.805. The molecule has 0 aromatic heterocycles. The zero-order chi connectivity index (χ0) is 13.0. The molecule has 2 aromatic rings. The number of benzene rings is 2. The second-order valence-corrected chi connectivity index (χ2v) is 4.15. The molecule has 0 aliphatic rings. The highest BCUT2D eigenvalue weighted by molar-refractivity contribution is 6.05. The number of anilines is 1. The molecule has 0 saturated carbocycles. The van der Waals surface area contributed by atoms with E-state index in [0.29, 0.717) is 5.56 Å². The van der Waals surface area contributed by atoms with Crippen LogP contribution in [-0.2, 0) is 0 Å². The lowest BCUT2D eigenvalue weighted by Gasteiger charge is -2.10. The van der Waals surface area contributed by atoms with E-state index in [2.05, 4.69) is 11.9 Å². The van der Waals surface area contributed by atoms with E-state index < -0.39 is 0 Å². The second-order valence-electron chi connectivity index (χ2n) is 4.15. The lowest BCUT2D eigenvalue weighted by molar-refractivity contribution is 0.102. The number of hydrogen-bond acceptors (Lipinski definition) is 1. The van der Waals surface area contributed by atoms with Gasteiger partial charge < -0.3 is 5.32 Å². The Morgan fingerprint density at radius 2 is 1.61 bits per heavy atom. The standard InChI is InChI=1S/C16H15NO/c1-12(2)14-10-6-7-11-15(14)17-16(18)13-8-4-3-5-9-13/h3-11H,1H2,2H3,(H,17,18)/i1+1. The van der Waals surface area contributed by atoms with E-state index >= 15 is 0 Å². The first-order chi connectivity index (χ1) is 8.68. The van der Waals surface area contributed by atoms with Gasteiger partial charge in [-0.25, -0.2) is 0 Å². The number of carbonyl (C=O) groups is 1. The Kier molecular flexibility index (Phi) is 3.58. The first kappa shape index (κ1) is 12.1. The van der Waals surface area contributed by atoms with E-state index in [-0.39, 0.29) is 5.91 Å². The van der Waals surface area contributed by atoms with Gasteiger partial charge in [0.05, 0.1) is 0 Å². The molecule has 0 aliphatic carbocycles. The number of nitrogens with one attached hydrogen (secondary N) is 1. The van der Waals surface area contributed by atoms with Gasteiger partial charge in [0, 0.05) is 16.8 Å². The summed E-state index contributed by atoms with van der Waals surface area (Å²) in [6.07, 6.45) is 0. The smallest absolute Gasteiger partial charge is 0.255 e. The van der Waals surface area contributed by atoms with Gasteiger partial charge in [-0.2, -0.15) is 0 Å². The van der Waals surface area contributed by atoms with Crippen LogP contribution in [0.5, 0.6) is 0 Å². The minimum Gasteiger partial charge on any atom is -0.321 e. The van der Waals surface area contributed by atoms with E-state index in [1.54, 1.807) is 12.1 Å². The van der Waals surface area contributed by atoms with Gasteiger partial charge in [0.1, 0.15) is 0 Å². The number of carbonyl (C=O) groups excluding carboxylic acids is 1. The summed E-state index contributed by atoms with van der Waals surface area (Å²) in [5.74, 6) is -0.107. The van der Waals surface area contributed by atoms with Crippen molar-refractivity contribution in [2.45, 2.75) is 6.92 Å². The minimum absolute atomic E-state index is 0.107. The molecular formula is C16H15NO. The van der Waals surface area contributed by atoms with Crippen LogP contribution in [0.2, 0.25) is 0 Å². The maximum absolute atomic E-state index is 12.0. The maximum Gasteiger partial charge on any atom is 0.255 e. The average molecular weight is 238 g/mol. The molecule has 0 radical (unpaired) electrons. The third-order valence-corrected chi connectivity index (χ3v) is 2.67. The summed E-state index contributed by atoms with van der Waals surface area (Å²) in [7, 11) is 0. The monoisotopic (exact) mass is 238 g/mol. The van der Waals surface area contributed by atoms with Crippen molar-refractivity contribution in [3.63, 3.8) is 0 Å². The lowest BCUT2D eigenvalue weighted by Crippen LogP contribution is -2.12. The number of amides is 1. The van der Waals surface area contributed by atoms with Gasteiger partial charge >= 0.3 is 0 Å². The van der Waals surface area contributed by atoms with Crippen LogP contribution in [0.1, 0.15) is 22.8 Å². The molecule has 18 heavy (non-hydrogen) atoms. The molecule has 0 atom stereocenters. The number of allylic oxidation sites excluding steroid dienone is 1. The highest BCUT2D eigenvalue weighted by Crippen LogP contribution is 2.22. The van der Waals surface area contributed by atoms with Crippen LogP contribution in [0.4, 0.5) is 5.69 Å². The van der Waals surface area contributed by atoms with Crippen molar-refractivity contribution in [3.05, 3.63) is 72.3 Å². The Balaban J connectivity index is 2.25. The molecule has 1 amide bonds. The molecule has 0 fully saturated rings. The number of para-hydroxylation sites is 1. The van der Waals surface area contributed by atoms with Crippen LogP contribution in [0.25, 0.3) is 5.57 Å². The van der Waals surface area contributed by atoms with Gasteiger partial charge in [-0.3, -0.25) is 4.79 Å². The van der Waals surface area contributed by atoms with Crippen molar-refractivity contribution >= 4 is 17.2 Å². The lowest BCUT2D eigenvalue weighted by atomic mass is 10.1. The Morgan fingerprint density at radius 1 is 1.00 bits per heavy atom. The summed E-state index contributed by atoms with van der Waals surface area (Å²) >= 11 is 0. The molecule has 0 bridgehead atoms. The van der Waals surface area contributed by atoms with E-state index in [4.69, 9.17) is 0 Å². The van der Waals surface area contributed by atoms with E-state index in [9.17, 15) is 4.79 Å². The first-order valence-corrected chi connectivity index (χ1v) is 5.80. The summed E-state index contributed by atoms with van der Waals surface area (Å²) in [4.78, 5) is 12.0. The molecule has 2 aromatic carbocycles. The minimum atomic E-state index is -0.107. The molecule has 0 unspecified atom stereocenters. The zero-order valence-electron chi connectivity index (χ0n) is 10.3. The van der Waals surface area contributed by atoms with Crippen molar-refractivity contribution in [3.8, 4) is 0 Å². The Labute approximate surface area is 107 Å². The molecular weight excluding hydrogens is 223 g/mol. The molecule has 0 aliphatic heterocycles. The molecule has 90 valence electrons. The summed E-state index contributed by atoms with van der Waals surface area (Å²) in [5, 5.41) is 2.91. The van der Waals surface area contributed by atoms with Crippen molar-refractivity contribution in [1.82, 2.24) is 0 Å². The van der Waals surface area contributed by atoms with Crippen LogP contribution in [0.15, 0.2) is 61.2 Å². The van der Waals surface area contributed by atoms with E-state index in [0.717, 1.165) is 16.8 Å². The fourth-order valence-corrected chi connectivity index (χ4v) is 1.75. The number of hydrogen-bond donors (Lipinski definition) is 1. The van der Waals surface area contributed by atoms with Gasteiger partial charge in [-0.05, 0) is 30.7 Å². The van der Waals surface area contributed by atoms with Gasteiger partial charge in [0.2, 0.25) is 0 Å². The molecule has 0 heterocycles. The second kappa shape index (κ2) is 5.32. The topological polar surface area (TPSA) is 29.1 Å². The molecule has 1 N–H and O–H groups in total. The van der Waals surface area contributed by atoms with Crippen molar-refractivity contribution in [1.29, 1.82) is 0 Å². The largest absolute Gasteiger partial charge is 0.321 e. The van der Waals surface area contributed by atoms with Crippen LogP contribution < -0.4 is 5.32 Å². The predicted molar refractivity (Wildman–Crippen MR) is 75.5 cm³/mol. The van der Waals surface area contributed by atoms with Crippen molar-refractivity contribution in [2.24, 2.45) is 0 Å². The van der Waals surface area contributed by atoms with Gasteiger partial charge in [-0.1, -0.05) is 43.0 Å². The summed E-state index contributed by atoms with van der Waals surface area (Å²) in [6, 6.07) is 16.8. The normalized spacial score (nSPS) is 9.83. The first-order valence-electron chi connectivity index (χ1n) is 5.80. The molecule has 2 rings (SSSR count). The number of rotatable bonds is 3. The fraction of sp³-hybridized carbons (Fsp3) is 0.0625. The van der Waals surface area contributed by atoms with Crippen LogP contribution in [0.3, 0.4) is 0 Å². The summed E-state index contributed by atoms with van der Waals surface area (Å²) < 4.78 is 0. The van der Waals surface area contributed by atoms with Crippen molar-refractivity contribution in [2.75, 3.05) is 5.32 Å². The zero-order valence-corrected chi connectivity index (χ0v) is 10.3. The Bertz CT molecular complexity index is 573. The average Bonchev–Trinajstić information content (AvgIpc) is 2.40. The predicted octanol–water partition coefficient (Wildman–Crippen LogP) is 3.97. The Morgan fingerprint density at radius 3 is 2.28 bits per heavy atom. The van der Waals surface area contributed by atoms with Crippen molar-refractivity contribution < 1.29 is 4.79 Å². The van der Waals surface area contributed by atoms with E-state index in [1.165, 1.54) is 0 Å². The third kappa shape index (κ3) is 2.66. The molecule has 2 nitrogen and oxygen atoms in total. The maximum atomic E-state index is 12.0. The van der Waals surface area contributed by atoms with Crippen LogP contribution in [-0.4, -0.2) is 5.91 Å². The highest BCUT2D eigenvalue weighted by Gasteiger charge is 2.08. The van der Waals surface area contributed by atoms with Crippen LogP contribution in [0, 0.1) is 0 Å². The molecule has 0 spiro atoms. The van der Waals surface area contributed by atoms with Gasteiger partial charge in [-0.15, -0.1) is 0 Å². The summed E-state index contributed by atoms with van der Waals surface area (Å²) in [6.45, 7) is 5.84. The van der Waals surface area contributed by atoms with E-state index in [1.807, 2.05) is 49.4 Å². The summed E-state index contributed by atoms with van der Waals surface area (Å²) in [5.41, 5.74) is 3.33. The van der Waals surface area contributed by atoms with Gasteiger partial charge in [0.25, 0.3) is 5.91 Å².